The van der Waals surface area contributed by atoms with Gasteiger partial charge in [-0.25, -0.2) is 9.48 Å². The first-order chi connectivity index (χ1) is 16.9. The molecule has 0 atom stereocenters. The van der Waals surface area contributed by atoms with Crippen LogP contribution in [-0.4, -0.2) is 60.5 Å². The smallest absolute Gasteiger partial charge is 0.411 e. The maximum Gasteiger partial charge on any atom is 0.411 e. The van der Waals surface area contributed by atoms with Crippen molar-refractivity contribution in [2.75, 3.05) is 39.1 Å². The van der Waals surface area contributed by atoms with Crippen LogP contribution in [0.15, 0.2) is 65.5 Å². The fraction of sp³-hybridized carbons (Fsp3) is 0.308. The molecule has 2 N–H and O–H groups in total. The molecule has 0 bridgehead atoms. The van der Waals surface area contributed by atoms with Gasteiger partial charge in [0.25, 0.3) is 11.5 Å². The van der Waals surface area contributed by atoms with Gasteiger partial charge in [0.15, 0.2) is 0 Å². The van der Waals surface area contributed by atoms with Crippen molar-refractivity contribution in [2.24, 2.45) is 0 Å². The van der Waals surface area contributed by atoms with E-state index in [4.69, 9.17) is 4.74 Å². The highest BCUT2D eigenvalue weighted by molar-refractivity contribution is 5.94. The molecule has 0 unspecified atom stereocenters. The standard InChI is InChI=1S/C26H31N5O4/c1-4-35-26(34)28-22-8-5-7-19(17-22)18-31-24(32)14-13-23(29-31)20-9-11-21(12-10-20)25(33)27-15-6-16-30(2)3/h5,7-14,17H,4,6,15-16,18H2,1-3H3,(H,27,33)(H,28,34). The topological polar surface area (TPSA) is 106 Å². The molecule has 0 saturated heterocycles. The third-order valence-corrected chi connectivity index (χ3v) is 5.16. The second-order valence-electron chi connectivity index (χ2n) is 8.25. The third-order valence-electron chi connectivity index (χ3n) is 5.16. The maximum atomic E-state index is 12.4. The van der Waals surface area contributed by atoms with Crippen molar-refractivity contribution in [3.8, 4) is 11.3 Å². The molecule has 2 amide bonds. The summed E-state index contributed by atoms with van der Waals surface area (Å²) in [5.74, 6) is -0.121. The van der Waals surface area contributed by atoms with Gasteiger partial charge in [-0.15, -0.1) is 0 Å². The second-order valence-corrected chi connectivity index (χ2v) is 8.25. The molecule has 2 aromatic carbocycles. The van der Waals surface area contributed by atoms with Gasteiger partial charge in [-0.3, -0.25) is 14.9 Å². The Balaban J connectivity index is 1.69. The minimum atomic E-state index is -0.535. The number of anilines is 1. The van der Waals surface area contributed by atoms with E-state index in [0.717, 1.165) is 24.1 Å². The van der Waals surface area contributed by atoms with Gasteiger partial charge in [0.2, 0.25) is 0 Å². The highest BCUT2D eigenvalue weighted by atomic mass is 16.5. The van der Waals surface area contributed by atoms with Crippen LogP contribution in [0.3, 0.4) is 0 Å². The number of nitrogens with zero attached hydrogens (tertiary/aromatic N) is 3. The van der Waals surface area contributed by atoms with Crippen molar-refractivity contribution in [2.45, 2.75) is 19.9 Å². The number of hydrogen-bond acceptors (Lipinski definition) is 6. The molecule has 0 aliphatic carbocycles. The van der Waals surface area contributed by atoms with Gasteiger partial charge in [0.05, 0.1) is 18.8 Å². The van der Waals surface area contributed by atoms with Crippen LogP contribution in [0.5, 0.6) is 0 Å². The van der Waals surface area contributed by atoms with Gasteiger partial charge in [-0.05, 0) is 69.9 Å². The van der Waals surface area contributed by atoms with Crippen molar-refractivity contribution < 1.29 is 14.3 Å². The largest absolute Gasteiger partial charge is 0.450 e. The summed E-state index contributed by atoms with van der Waals surface area (Å²) in [6.45, 7) is 3.77. The molecule has 3 rings (SSSR count). The van der Waals surface area contributed by atoms with Crippen molar-refractivity contribution in [3.63, 3.8) is 0 Å². The average molecular weight is 478 g/mol. The second kappa shape index (κ2) is 12.5. The Bertz CT molecular complexity index is 1200. The van der Waals surface area contributed by atoms with Crippen LogP contribution in [0.4, 0.5) is 10.5 Å². The van der Waals surface area contributed by atoms with Crippen LogP contribution in [0.1, 0.15) is 29.3 Å². The number of ether oxygens (including phenoxy) is 1. The quantitative estimate of drug-likeness (QED) is 0.435. The predicted octanol–water partition coefficient (Wildman–Crippen LogP) is 3.21. The maximum absolute atomic E-state index is 12.4. The first-order valence-electron chi connectivity index (χ1n) is 11.5. The minimum absolute atomic E-state index is 0.121. The highest BCUT2D eigenvalue weighted by Gasteiger charge is 2.09. The van der Waals surface area contributed by atoms with E-state index in [1.807, 2.05) is 32.3 Å². The van der Waals surface area contributed by atoms with Crippen molar-refractivity contribution >= 4 is 17.7 Å². The lowest BCUT2D eigenvalue weighted by Gasteiger charge is -2.11. The van der Waals surface area contributed by atoms with E-state index in [2.05, 4.69) is 20.6 Å². The monoisotopic (exact) mass is 477 g/mol. The Morgan fingerprint density at radius 3 is 2.54 bits per heavy atom. The van der Waals surface area contributed by atoms with Gasteiger partial charge in [0, 0.05) is 29.4 Å². The zero-order chi connectivity index (χ0) is 25.2. The summed E-state index contributed by atoms with van der Waals surface area (Å²) >= 11 is 0. The summed E-state index contributed by atoms with van der Waals surface area (Å²) in [6.07, 6.45) is 0.344. The fourth-order valence-electron chi connectivity index (χ4n) is 3.41. The summed E-state index contributed by atoms with van der Waals surface area (Å²) in [4.78, 5) is 38.5. The van der Waals surface area contributed by atoms with E-state index in [0.29, 0.717) is 23.5 Å². The number of aromatic nitrogens is 2. The van der Waals surface area contributed by atoms with Crippen LogP contribution >= 0.6 is 0 Å². The lowest BCUT2D eigenvalue weighted by Crippen LogP contribution is -2.27. The van der Waals surface area contributed by atoms with E-state index < -0.39 is 6.09 Å². The normalized spacial score (nSPS) is 10.7. The molecule has 9 nitrogen and oxygen atoms in total. The van der Waals surface area contributed by atoms with Crippen molar-refractivity contribution in [3.05, 3.63) is 82.1 Å². The van der Waals surface area contributed by atoms with E-state index in [1.165, 1.54) is 10.7 Å². The number of rotatable bonds is 10. The molecule has 0 spiro atoms. The van der Waals surface area contributed by atoms with Crippen molar-refractivity contribution in [1.82, 2.24) is 20.0 Å². The van der Waals surface area contributed by atoms with Gasteiger partial charge >= 0.3 is 6.09 Å². The summed E-state index contributed by atoms with van der Waals surface area (Å²) < 4.78 is 6.26. The fourth-order valence-corrected chi connectivity index (χ4v) is 3.41. The molecule has 0 fully saturated rings. The highest BCUT2D eigenvalue weighted by Crippen LogP contribution is 2.17. The molecule has 35 heavy (non-hydrogen) atoms. The first kappa shape index (κ1) is 25.6. The SMILES string of the molecule is CCOC(=O)Nc1cccc(Cn2nc(-c3ccc(C(=O)NCCCN(C)C)cc3)ccc2=O)c1. The van der Waals surface area contributed by atoms with E-state index in [-0.39, 0.29) is 24.6 Å². The molecule has 0 saturated carbocycles. The number of benzene rings is 2. The summed E-state index contributed by atoms with van der Waals surface area (Å²) in [6, 6.07) is 17.4. The van der Waals surface area contributed by atoms with Crippen LogP contribution in [0.25, 0.3) is 11.3 Å². The number of carbonyl (C=O) groups is 2. The molecule has 184 valence electrons. The predicted molar refractivity (Wildman–Crippen MR) is 136 cm³/mol. The first-order valence-corrected chi connectivity index (χ1v) is 11.5. The Labute approximate surface area is 204 Å². The summed E-state index contributed by atoms with van der Waals surface area (Å²) in [7, 11) is 4.00. The van der Waals surface area contributed by atoms with Gasteiger partial charge in [-0.2, -0.15) is 5.10 Å². The molecule has 0 aliphatic heterocycles. The van der Waals surface area contributed by atoms with Gasteiger partial charge in [0.1, 0.15) is 0 Å². The zero-order valence-electron chi connectivity index (χ0n) is 20.3. The van der Waals surface area contributed by atoms with Gasteiger partial charge in [-0.1, -0.05) is 24.3 Å². The molecule has 1 heterocycles. The summed E-state index contributed by atoms with van der Waals surface area (Å²) in [5.41, 5.74) is 3.10. The number of hydrogen-bond donors (Lipinski definition) is 2. The van der Waals surface area contributed by atoms with Crippen LogP contribution in [-0.2, 0) is 11.3 Å². The third kappa shape index (κ3) is 7.79. The van der Waals surface area contributed by atoms with E-state index in [9.17, 15) is 14.4 Å². The number of carbonyl (C=O) groups excluding carboxylic acids is 2. The molecule has 0 radical (unpaired) electrons. The molecule has 0 aliphatic rings. The molecule has 3 aromatic rings. The van der Waals surface area contributed by atoms with Gasteiger partial charge < -0.3 is 15.0 Å². The minimum Gasteiger partial charge on any atom is -0.450 e. The van der Waals surface area contributed by atoms with Crippen molar-refractivity contribution in [1.29, 1.82) is 0 Å². The lowest BCUT2D eigenvalue weighted by atomic mass is 10.1. The Morgan fingerprint density at radius 2 is 1.83 bits per heavy atom. The van der Waals surface area contributed by atoms with Crippen LogP contribution < -0.4 is 16.2 Å². The number of nitrogens with one attached hydrogen (secondary N) is 2. The van der Waals surface area contributed by atoms with Crippen LogP contribution in [0, 0.1) is 0 Å². The Hall–Kier alpha value is -3.98. The zero-order valence-corrected chi connectivity index (χ0v) is 20.3. The molecule has 9 heteroatoms. The molecule has 1 aromatic heterocycles. The lowest BCUT2D eigenvalue weighted by molar-refractivity contribution is 0.0952. The van der Waals surface area contributed by atoms with Crippen LogP contribution in [0.2, 0.25) is 0 Å². The summed E-state index contributed by atoms with van der Waals surface area (Å²) in [5, 5.41) is 10.1. The van der Waals surface area contributed by atoms with E-state index >= 15 is 0 Å². The number of amides is 2. The Morgan fingerprint density at radius 1 is 1.06 bits per heavy atom. The Kier molecular flexibility index (Phi) is 9.14. The molecular weight excluding hydrogens is 446 g/mol. The average Bonchev–Trinajstić information content (AvgIpc) is 2.83. The van der Waals surface area contributed by atoms with E-state index in [1.54, 1.807) is 43.3 Å². The molecular formula is C26H31N5O4.